The first-order valence-electron chi connectivity index (χ1n) is 10.0. The topological polar surface area (TPSA) is 115 Å². The van der Waals surface area contributed by atoms with Crippen molar-refractivity contribution in [2.75, 3.05) is 16.4 Å². The summed E-state index contributed by atoms with van der Waals surface area (Å²) in [5.74, 6) is 0.0344. The Morgan fingerprint density at radius 3 is 2.25 bits per heavy atom. The molecule has 0 aliphatic carbocycles. The van der Waals surface area contributed by atoms with Crippen LogP contribution in [-0.2, 0) is 6.18 Å². The van der Waals surface area contributed by atoms with E-state index in [-0.39, 0.29) is 28.2 Å². The summed E-state index contributed by atoms with van der Waals surface area (Å²) >= 11 is 5.71. The summed E-state index contributed by atoms with van der Waals surface area (Å²) in [7, 11) is 0. The van der Waals surface area contributed by atoms with Crippen molar-refractivity contribution in [3.8, 4) is 22.9 Å². The van der Waals surface area contributed by atoms with E-state index in [0.29, 0.717) is 16.9 Å². The van der Waals surface area contributed by atoms with Crippen LogP contribution < -0.4 is 21.1 Å². The number of benzene rings is 2. The number of nitrogen functional groups attached to an aromatic ring is 1. The summed E-state index contributed by atoms with van der Waals surface area (Å²) < 4.78 is 57.8. The third-order valence-electron chi connectivity index (χ3n) is 4.63. The SMILES string of the molecule is Nc1ncc(F)cc1-c1ccc(Oc2ncc(NC(=O)Nc3cc(Cl)cc(C(F)(F)F)c3)cn2)cc1. The average molecular weight is 519 g/mol. The highest BCUT2D eigenvalue weighted by molar-refractivity contribution is 6.31. The predicted molar refractivity (Wildman–Crippen MR) is 125 cm³/mol. The van der Waals surface area contributed by atoms with Crippen molar-refractivity contribution in [3.05, 3.63) is 83.5 Å². The van der Waals surface area contributed by atoms with Gasteiger partial charge in [-0.15, -0.1) is 0 Å². The minimum Gasteiger partial charge on any atom is -0.424 e. The van der Waals surface area contributed by atoms with Gasteiger partial charge in [-0.25, -0.2) is 24.1 Å². The monoisotopic (exact) mass is 518 g/mol. The number of nitrogens with two attached hydrogens (primary N) is 1. The molecule has 0 atom stereocenters. The summed E-state index contributed by atoms with van der Waals surface area (Å²) in [5, 5.41) is 4.47. The molecule has 4 aromatic rings. The number of pyridine rings is 1. The van der Waals surface area contributed by atoms with Crippen molar-refractivity contribution >= 4 is 34.8 Å². The van der Waals surface area contributed by atoms with Crippen LogP contribution in [0.3, 0.4) is 0 Å². The van der Waals surface area contributed by atoms with Crippen molar-refractivity contribution in [1.82, 2.24) is 15.0 Å². The molecule has 0 saturated heterocycles. The highest BCUT2D eigenvalue weighted by atomic mass is 35.5. The van der Waals surface area contributed by atoms with Gasteiger partial charge in [-0.2, -0.15) is 13.2 Å². The van der Waals surface area contributed by atoms with Gasteiger partial charge in [0.15, 0.2) is 0 Å². The molecule has 8 nitrogen and oxygen atoms in total. The largest absolute Gasteiger partial charge is 0.424 e. The lowest BCUT2D eigenvalue weighted by Gasteiger charge is -2.12. The van der Waals surface area contributed by atoms with Gasteiger partial charge in [0.2, 0.25) is 0 Å². The van der Waals surface area contributed by atoms with E-state index in [1.165, 1.54) is 24.5 Å². The number of urea groups is 1. The number of nitrogens with one attached hydrogen (secondary N) is 2. The second-order valence-corrected chi connectivity index (χ2v) is 7.71. The van der Waals surface area contributed by atoms with Crippen LogP contribution >= 0.6 is 11.6 Å². The van der Waals surface area contributed by atoms with Crippen molar-refractivity contribution < 1.29 is 27.1 Å². The number of nitrogens with zero attached hydrogens (tertiary/aromatic N) is 3. The molecule has 2 heterocycles. The number of amides is 2. The van der Waals surface area contributed by atoms with Crippen LogP contribution in [0.4, 0.5) is 39.5 Å². The van der Waals surface area contributed by atoms with E-state index in [1.807, 2.05) is 0 Å². The quantitative estimate of drug-likeness (QED) is 0.264. The van der Waals surface area contributed by atoms with E-state index in [9.17, 15) is 22.4 Å². The fourth-order valence-corrected chi connectivity index (χ4v) is 3.28. The second kappa shape index (κ2) is 10.0. The molecule has 0 aliphatic rings. The summed E-state index contributed by atoms with van der Waals surface area (Å²) in [6.45, 7) is 0. The van der Waals surface area contributed by atoms with Crippen LogP contribution in [0.5, 0.6) is 11.8 Å². The van der Waals surface area contributed by atoms with Gasteiger partial charge < -0.3 is 21.1 Å². The molecular weight excluding hydrogens is 504 g/mol. The third-order valence-corrected chi connectivity index (χ3v) is 4.85. The number of rotatable bonds is 5. The van der Waals surface area contributed by atoms with Gasteiger partial charge in [0.1, 0.15) is 17.4 Å². The average Bonchev–Trinajstić information content (AvgIpc) is 2.81. The predicted octanol–water partition coefficient (Wildman–Crippen LogP) is 6.37. The van der Waals surface area contributed by atoms with E-state index in [4.69, 9.17) is 22.1 Å². The maximum atomic E-state index is 13.5. The first-order chi connectivity index (χ1) is 17.1. The van der Waals surface area contributed by atoms with Crippen molar-refractivity contribution in [2.24, 2.45) is 0 Å². The summed E-state index contributed by atoms with van der Waals surface area (Å²) in [5.41, 5.74) is 5.85. The first kappa shape index (κ1) is 24.7. The minimum atomic E-state index is -4.62. The van der Waals surface area contributed by atoms with Gasteiger partial charge in [0.05, 0.1) is 29.8 Å². The molecule has 184 valence electrons. The van der Waals surface area contributed by atoms with Crippen molar-refractivity contribution in [2.45, 2.75) is 6.18 Å². The molecule has 0 radical (unpaired) electrons. The normalized spacial score (nSPS) is 11.1. The lowest BCUT2D eigenvalue weighted by molar-refractivity contribution is -0.137. The first-order valence-corrected chi connectivity index (χ1v) is 10.4. The van der Waals surface area contributed by atoms with Crippen LogP contribution in [-0.4, -0.2) is 21.0 Å². The van der Waals surface area contributed by atoms with Crippen LogP contribution in [0.15, 0.2) is 67.1 Å². The summed E-state index contributed by atoms with van der Waals surface area (Å²) in [6.07, 6.45) is -1.11. The number of alkyl halides is 3. The highest BCUT2D eigenvalue weighted by Crippen LogP contribution is 2.33. The van der Waals surface area contributed by atoms with E-state index < -0.39 is 23.6 Å². The van der Waals surface area contributed by atoms with Gasteiger partial charge in [-0.1, -0.05) is 23.7 Å². The Hall–Kier alpha value is -4.45. The van der Waals surface area contributed by atoms with Crippen molar-refractivity contribution in [3.63, 3.8) is 0 Å². The zero-order valence-electron chi connectivity index (χ0n) is 18.0. The lowest BCUT2D eigenvalue weighted by atomic mass is 10.1. The van der Waals surface area contributed by atoms with E-state index in [0.717, 1.165) is 18.3 Å². The van der Waals surface area contributed by atoms with Gasteiger partial charge in [0, 0.05) is 16.3 Å². The summed E-state index contributed by atoms with van der Waals surface area (Å²) in [6, 6.07) is 9.59. The smallest absolute Gasteiger partial charge is 0.416 e. The second-order valence-electron chi connectivity index (χ2n) is 7.27. The minimum absolute atomic E-state index is 0.0368. The fourth-order valence-electron chi connectivity index (χ4n) is 3.04. The van der Waals surface area contributed by atoms with Gasteiger partial charge >= 0.3 is 18.2 Å². The molecule has 2 aromatic carbocycles. The van der Waals surface area contributed by atoms with Crippen LogP contribution in [0.1, 0.15) is 5.56 Å². The Balaban J connectivity index is 1.37. The van der Waals surface area contributed by atoms with Crippen LogP contribution in [0.2, 0.25) is 5.02 Å². The zero-order valence-corrected chi connectivity index (χ0v) is 18.7. The van der Waals surface area contributed by atoms with E-state index in [2.05, 4.69) is 25.6 Å². The maximum Gasteiger partial charge on any atom is 0.416 e. The number of ether oxygens (including phenoxy) is 1. The van der Waals surface area contributed by atoms with Crippen LogP contribution in [0, 0.1) is 5.82 Å². The Morgan fingerprint density at radius 1 is 0.917 bits per heavy atom. The number of anilines is 3. The van der Waals surface area contributed by atoms with Crippen molar-refractivity contribution in [1.29, 1.82) is 0 Å². The molecule has 4 N–H and O–H groups in total. The van der Waals surface area contributed by atoms with Gasteiger partial charge in [0.25, 0.3) is 0 Å². The Kier molecular flexibility index (Phi) is 6.88. The molecule has 0 spiro atoms. The number of carbonyl (C=O) groups is 1. The standard InChI is InChI=1S/C23H15ClF4N6O2/c24-14-5-13(23(26,27)28)6-16(7-14)33-21(35)34-17-10-31-22(32-11-17)36-18-3-1-12(2-4-18)19-8-15(25)9-30-20(19)29/h1-11H,(H2,29,30)(H2,33,34,35). The number of hydrogen-bond acceptors (Lipinski definition) is 6. The maximum absolute atomic E-state index is 13.5. The van der Waals surface area contributed by atoms with Gasteiger partial charge in [-0.3, -0.25) is 0 Å². The molecule has 13 heteroatoms. The van der Waals surface area contributed by atoms with E-state index >= 15 is 0 Å². The number of halogens is 5. The van der Waals surface area contributed by atoms with Gasteiger partial charge in [-0.05, 0) is 42.0 Å². The zero-order chi connectivity index (χ0) is 25.9. The molecule has 0 bridgehead atoms. The molecule has 4 rings (SSSR count). The Bertz CT molecular complexity index is 1400. The summed E-state index contributed by atoms with van der Waals surface area (Å²) in [4.78, 5) is 23.9. The van der Waals surface area contributed by atoms with Crippen LogP contribution in [0.25, 0.3) is 11.1 Å². The Morgan fingerprint density at radius 2 is 1.58 bits per heavy atom. The molecular formula is C23H15ClF4N6O2. The lowest BCUT2D eigenvalue weighted by Crippen LogP contribution is -2.20. The highest BCUT2D eigenvalue weighted by Gasteiger charge is 2.31. The molecule has 0 aliphatic heterocycles. The third kappa shape index (κ3) is 6.16. The number of aromatic nitrogens is 3. The molecule has 0 fully saturated rings. The molecule has 0 unspecified atom stereocenters. The molecule has 36 heavy (non-hydrogen) atoms. The number of carbonyl (C=O) groups excluding carboxylic acids is 1. The molecule has 0 saturated carbocycles. The molecule has 2 amide bonds. The van der Waals surface area contributed by atoms with E-state index in [1.54, 1.807) is 24.3 Å². The molecule has 2 aromatic heterocycles. The fraction of sp³-hybridized carbons (Fsp3) is 0.0435. The Labute approximate surface area is 206 Å². The number of hydrogen-bond donors (Lipinski definition) is 3.